The van der Waals surface area contributed by atoms with Crippen molar-refractivity contribution in [3.63, 3.8) is 0 Å². The SMILES string of the molecule is CC(Nc1ccc(F)c(Cl)c1)C(=O)OC(=O)c1ccccc1. The van der Waals surface area contributed by atoms with Gasteiger partial charge in [-0.1, -0.05) is 29.8 Å². The van der Waals surface area contributed by atoms with Gasteiger partial charge in [0.2, 0.25) is 0 Å². The van der Waals surface area contributed by atoms with Gasteiger partial charge in [0.15, 0.2) is 0 Å². The Hall–Kier alpha value is -2.40. The summed E-state index contributed by atoms with van der Waals surface area (Å²) in [5, 5.41) is 2.72. The molecule has 0 amide bonds. The van der Waals surface area contributed by atoms with Crippen LogP contribution in [0, 0.1) is 5.82 Å². The monoisotopic (exact) mass is 321 g/mol. The average Bonchev–Trinajstić information content (AvgIpc) is 2.51. The lowest BCUT2D eigenvalue weighted by molar-refractivity contribution is -0.138. The number of halogens is 2. The Morgan fingerprint density at radius 3 is 2.50 bits per heavy atom. The molecule has 1 unspecified atom stereocenters. The average molecular weight is 322 g/mol. The second-order valence-electron chi connectivity index (χ2n) is 4.57. The predicted molar refractivity (Wildman–Crippen MR) is 81.4 cm³/mol. The Bertz CT molecular complexity index is 691. The summed E-state index contributed by atoms with van der Waals surface area (Å²) in [4.78, 5) is 23.6. The lowest BCUT2D eigenvalue weighted by Crippen LogP contribution is -2.30. The molecule has 0 fully saturated rings. The molecule has 2 aromatic rings. The number of esters is 2. The fourth-order valence-corrected chi connectivity index (χ4v) is 1.89. The molecule has 0 bridgehead atoms. The minimum Gasteiger partial charge on any atom is -0.388 e. The number of nitrogens with one attached hydrogen (secondary N) is 1. The summed E-state index contributed by atoms with van der Waals surface area (Å²) in [7, 11) is 0. The molecule has 0 saturated carbocycles. The Kier molecular flexibility index (Phi) is 5.12. The minimum absolute atomic E-state index is 0.0640. The number of carbonyl (C=O) groups is 2. The van der Waals surface area contributed by atoms with E-state index in [1.54, 1.807) is 30.3 Å². The molecular formula is C16H13ClFNO3. The van der Waals surface area contributed by atoms with Crippen LogP contribution in [0.15, 0.2) is 48.5 Å². The van der Waals surface area contributed by atoms with Crippen molar-refractivity contribution in [1.29, 1.82) is 0 Å². The Balaban J connectivity index is 1.97. The molecule has 114 valence electrons. The van der Waals surface area contributed by atoms with E-state index in [0.29, 0.717) is 5.69 Å². The highest BCUT2D eigenvalue weighted by Gasteiger charge is 2.19. The van der Waals surface area contributed by atoms with Crippen molar-refractivity contribution in [2.24, 2.45) is 0 Å². The first-order valence-electron chi connectivity index (χ1n) is 6.50. The van der Waals surface area contributed by atoms with Gasteiger partial charge in [-0.3, -0.25) is 0 Å². The third kappa shape index (κ3) is 4.05. The molecule has 0 heterocycles. The largest absolute Gasteiger partial charge is 0.388 e. The number of rotatable bonds is 4. The predicted octanol–water partition coefficient (Wildman–Crippen LogP) is 3.66. The first-order chi connectivity index (χ1) is 10.5. The van der Waals surface area contributed by atoms with Crippen LogP contribution in [-0.4, -0.2) is 18.0 Å². The van der Waals surface area contributed by atoms with Gasteiger partial charge in [-0.15, -0.1) is 0 Å². The molecule has 0 spiro atoms. The summed E-state index contributed by atoms with van der Waals surface area (Å²) in [6, 6.07) is 11.4. The van der Waals surface area contributed by atoms with Gasteiger partial charge in [-0.05, 0) is 37.3 Å². The van der Waals surface area contributed by atoms with Gasteiger partial charge in [0.1, 0.15) is 11.9 Å². The quantitative estimate of drug-likeness (QED) is 0.689. The lowest BCUT2D eigenvalue weighted by Gasteiger charge is -2.14. The fourth-order valence-electron chi connectivity index (χ4n) is 1.71. The van der Waals surface area contributed by atoms with E-state index in [9.17, 15) is 14.0 Å². The molecule has 0 aliphatic rings. The van der Waals surface area contributed by atoms with Crippen molar-refractivity contribution in [3.8, 4) is 0 Å². The Morgan fingerprint density at radius 2 is 1.86 bits per heavy atom. The van der Waals surface area contributed by atoms with Crippen LogP contribution in [0.25, 0.3) is 0 Å². The molecule has 2 rings (SSSR count). The molecular weight excluding hydrogens is 309 g/mol. The van der Waals surface area contributed by atoms with Gasteiger partial charge in [-0.2, -0.15) is 0 Å². The normalized spacial score (nSPS) is 11.6. The zero-order valence-electron chi connectivity index (χ0n) is 11.7. The second-order valence-corrected chi connectivity index (χ2v) is 4.98. The van der Waals surface area contributed by atoms with E-state index >= 15 is 0 Å². The van der Waals surface area contributed by atoms with E-state index in [-0.39, 0.29) is 10.6 Å². The van der Waals surface area contributed by atoms with Crippen molar-refractivity contribution in [3.05, 3.63) is 64.9 Å². The Labute approximate surface area is 131 Å². The van der Waals surface area contributed by atoms with Gasteiger partial charge >= 0.3 is 11.9 Å². The number of hydrogen-bond donors (Lipinski definition) is 1. The number of benzene rings is 2. The number of ether oxygens (including phenoxy) is 1. The van der Waals surface area contributed by atoms with Crippen molar-refractivity contribution in [1.82, 2.24) is 0 Å². The zero-order chi connectivity index (χ0) is 16.1. The highest BCUT2D eigenvalue weighted by Crippen LogP contribution is 2.20. The van der Waals surface area contributed by atoms with Crippen LogP contribution in [0.2, 0.25) is 5.02 Å². The van der Waals surface area contributed by atoms with Crippen LogP contribution < -0.4 is 5.32 Å². The van der Waals surface area contributed by atoms with Crippen LogP contribution in [0.5, 0.6) is 0 Å². The van der Waals surface area contributed by atoms with E-state index in [1.807, 2.05) is 0 Å². The van der Waals surface area contributed by atoms with Gasteiger partial charge in [-0.25, -0.2) is 14.0 Å². The van der Waals surface area contributed by atoms with Crippen LogP contribution in [-0.2, 0) is 9.53 Å². The van der Waals surface area contributed by atoms with Crippen LogP contribution in [0.3, 0.4) is 0 Å². The molecule has 22 heavy (non-hydrogen) atoms. The first-order valence-corrected chi connectivity index (χ1v) is 6.88. The molecule has 0 aromatic heterocycles. The Morgan fingerprint density at radius 1 is 1.18 bits per heavy atom. The van der Waals surface area contributed by atoms with E-state index in [1.165, 1.54) is 25.1 Å². The summed E-state index contributed by atoms with van der Waals surface area (Å²) in [5.41, 5.74) is 0.732. The maximum Gasteiger partial charge on any atom is 0.345 e. The highest BCUT2D eigenvalue weighted by atomic mass is 35.5. The minimum atomic E-state index is -0.797. The van der Waals surface area contributed by atoms with Gasteiger partial charge in [0.25, 0.3) is 0 Å². The molecule has 0 aliphatic heterocycles. The summed E-state index contributed by atoms with van der Waals surface area (Å²) < 4.78 is 17.8. The third-order valence-electron chi connectivity index (χ3n) is 2.86. The number of anilines is 1. The molecule has 6 heteroatoms. The summed E-state index contributed by atoms with van der Waals surface area (Å²) in [5.74, 6) is -2.02. The fraction of sp³-hybridized carbons (Fsp3) is 0.125. The van der Waals surface area contributed by atoms with Crippen LogP contribution in [0.1, 0.15) is 17.3 Å². The van der Waals surface area contributed by atoms with Crippen molar-refractivity contribution < 1.29 is 18.7 Å². The highest BCUT2D eigenvalue weighted by molar-refractivity contribution is 6.31. The smallest absolute Gasteiger partial charge is 0.345 e. The van der Waals surface area contributed by atoms with E-state index in [0.717, 1.165) is 0 Å². The summed E-state index contributed by atoms with van der Waals surface area (Å²) in [6.07, 6.45) is 0. The first kappa shape index (κ1) is 16.0. The van der Waals surface area contributed by atoms with Crippen LogP contribution >= 0.6 is 11.6 Å². The van der Waals surface area contributed by atoms with Crippen LogP contribution in [0.4, 0.5) is 10.1 Å². The molecule has 0 saturated heterocycles. The lowest BCUT2D eigenvalue weighted by atomic mass is 10.2. The van der Waals surface area contributed by atoms with E-state index < -0.39 is 23.8 Å². The molecule has 1 N–H and O–H groups in total. The van der Waals surface area contributed by atoms with Gasteiger partial charge in [0.05, 0.1) is 10.6 Å². The zero-order valence-corrected chi connectivity index (χ0v) is 12.4. The maximum atomic E-state index is 13.1. The molecule has 0 radical (unpaired) electrons. The van der Waals surface area contributed by atoms with E-state index in [4.69, 9.17) is 16.3 Å². The molecule has 4 nitrogen and oxygen atoms in total. The van der Waals surface area contributed by atoms with Gasteiger partial charge < -0.3 is 10.1 Å². The standard InChI is InChI=1S/C16H13ClFNO3/c1-10(19-12-7-8-14(18)13(17)9-12)15(20)22-16(21)11-5-3-2-4-6-11/h2-10,19H,1H3. The topological polar surface area (TPSA) is 55.4 Å². The molecule has 0 aliphatic carbocycles. The maximum absolute atomic E-state index is 13.1. The summed E-state index contributed by atoms with van der Waals surface area (Å²) in [6.45, 7) is 1.53. The third-order valence-corrected chi connectivity index (χ3v) is 3.15. The van der Waals surface area contributed by atoms with Crippen molar-refractivity contribution in [2.75, 3.05) is 5.32 Å². The summed E-state index contributed by atoms with van der Waals surface area (Å²) >= 11 is 5.66. The van der Waals surface area contributed by atoms with E-state index in [2.05, 4.69) is 5.32 Å². The second kappa shape index (κ2) is 7.04. The number of carbonyl (C=O) groups excluding carboxylic acids is 2. The number of hydrogen-bond acceptors (Lipinski definition) is 4. The van der Waals surface area contributed by atoms with Gasteiger partial charge in [0, 0.05) is 5.69 Å². The van der Waals surface area contributed by atoms with Crippen molar-refractivity contribution >= 4 is 29.2 Å². The molecule has 1 atom stereocenters. The molecule has 2 aromatic carbocycles. The van der Waals surface area contributed by atoms with Crippen molar-refractivity contribution in [2.45, 2.75) is 13.0 Å².